The van der Waals surface area contributed by atoms with Crippen molar-refractivity contribution in [3.8, 4) is 5.75 Å². The second-order valence-corrected chi connectivity index (χ2v) is 7.53. The molecule has 150 valence electrons. The summed E-state index contributed by atoms with van der Waals surface area (Å²) in [4.78, 5) is 27.0. The lowest BCUT2D eigenvalue weighted by atomic mass is 10.1. The van der Waals surface area contributed by atoms with E-state index < -0.39 is 6.04 Å². The van der Waals surface area contributed by atoms with Crippen LogP contribution in [0, 0.1) is 6.92 Å². The van der Waals surface area contributed by atoms with Gasteiger partial charge in [0.15, 0.2) is 6.61 Å². The van der Waals surface area contributed by atoms with Crippen molar-refractivity contribution in [1.29, 1.82) is 0 Å². The highest BCUT2D eigenvalue weighted by molar-refractivity contribution is 6.30. The minimum atomic E-state index is -0.627. The number of ether oxygens (including phenoxy) is 1. The summed E-state index contributed by atoms with van der Waals surface area (Å²) in [5, 5.41) is 3.40. The Hall–Kier alpha value is -2.53. The molecule has 6 heteroatoms. The van der Waals surface area contributed by atoms with E-state index in [2.05, 4.69) is 5.32 Å². The largest absolute Gasteiger partial charge is 0.484 e. The Morgan fingerprint density at radius 3 is 2.46 bits per heavy atom. The van der Waals surface area contributed by atoms with Crippen molar-refractivity contribution in [2.75, 3.05) is 6.61 Å². The highest BCUT2D eigenvalue weighted by Crippen LogP contribution is 2.18. The second-order valence-electron chi connectivity index (χ2n) is 7.10. The zero-order valence-corrected chi connectivity index (χ0v) is 17.5. The van der Waals surface area contributed by atoms with Crippen LogP contribution in [0.4, 0.5) is 0 Å². The van der Waals surface area contributed by atoms with Crippen molar-refractivity contribution < 1.29 is 14.3 Å². The molecule has 0 saturated heterocycles. The molecule has 0 aromatic heterocycles. The molecule has 2 aromatic carbocycles. The molecular formula is C22H27ClN2O3. The number of halogens is 1. The Morgan fingerprint density at radius 1 is 1.11 bits per heavy atom. The molecule has 0 fully saturated rings. The molecule has 1 N–H and O–H groups in total. The smallest absolute Gasteiger partial charge is 0.261 e. The maximum Gasteiger partial charge on any atom is 0.261 e. The lowest BCUT2D eigenvalue weighted by Crippen LogP contribution is -2.50. The number of amides is 2. The van der Waals surface area contributed by atoms with E-state index in [9.17, 15) is 9.59 Å². The summed E-state index contributed by atoms with van der Waals surface area (Å²) in [5.41, 5.74) is 2.06. The average molecular weight is 403 g/mol. The summed E-state index contributed by atoms with van der Waals surface area (Å²) in [5.74, 6) is 0.0438. The Labute approximate surface area is 171 Å². The van der Waals surface area contributed by atoms with Crippen LogP contribution in [0.15, 0.2) is 48.5 Å². The number of nitrogens with zero attached hydrogens (tertiary/aromatic N) is 1. The number of rotatable bonds is 8. The van der Waals surface area contributed by atoms with Crippen LogP contribution in [-0.4, -0.2) is 35.4 Å². The fraction of sp³-hybridized carbons (Fsp3) is 0.364. The van der Waals surface area contributed by atoms with Gasteiger partial charge < -0.3 is 15.0 Å². The SMILES string of the molecule is Cc1cccc(CN(C(=O)COc2cccc(Cl)c2)[C@@H](C)C(=O)NC(C)C)c1. The van der Waals surface area contributed by atoms with Gasteiger partial charge in [-0.05, 0) is 51.5 Å². The van der Waals surface area contributed by atoms with Gasteiger partial charge in [0.05, 0.1) is 0 Å². The van der Waals surface area contributed by atoms with E-state index in [1.54, 1.807) is 31.2 Å². The van der Waals surface area contributed by atoms with Crippen molar-refractivity contribution >= 4 is 23.4 Å². The van der Waals surface area contributed by atoms with Crippen LogP contribution in [0.25, 0.3) is 0 Å². The van der Waals surface area contributed by atoms with E-state index in [0.29, 0.717) is 17.3 Å². The summed E-state index contributed by atoms with van der Waals surface area (Å²) in [7, 11) is 0. The van der Waals surface area contributed by atoms with Crippen molar-refractivity contribution in [1.82, 2.24) is 10.2 Å². The standard InChI is InChI=1S/C22H27ClN2O3/c1-15(2)24-22(27)17(4)25(13-18-8-5-7-16(3)11-18)21(26)14-28-20-10-6-9-19(23)12-20/h5-12,15,17H,13-14H2,1-4H3,(H,24,27)/t17-/m0/s1. The minimum absolute atomic E-state index is 0.00594. The summed E-state index contributed by atoms with van der Waals surface area (Å²) in [6, 6.07) is 14.1. The number of hydrogen-bond acceptors (Lipinski definition) is 3. The predicted octanol–water partition coefficient (Wildman–Crippen LogP) is 3.97. The van der Waals surface area contributed by atoms with E-state index in [1.165, 1.54) is 4.90 Å². The molecule has 0 unspecified atom stereocenters. The van der Waals surface area contributed by atoms with Gasteiger partial charge in [0.2, 0.25) is 5.91 Å². The zero-order chi connectivity index (χ0) is 20.7. The monoisotopic (exact) mass is 402 g/mol. The first-order valence-electron chi connectivity index (χ1n) is 9.30. The fourth-order valence-electron chi connectivity index (χ4n) is 2.78. The van der Waals surface area contributed by atoms with Crippen LogP contribution in [0.5, 0.6) is 5.75 Å². The molecule has 0 heterocycles. The molecular weight excluding hydrogens is 376 g/mol. The van der Waals surface area contributed by atoms with Crippen molar-refractivity contribution in [3.05, 3.63) is 64.7 Å². The molecule has 0 bridgehead atoms. The summed E-state index contributed by atoms with van der Waals surface area (Å²) in [6.45, 7) is 7.65. The van der Waals surface area contributed by atoms with E-state index >= 15 is 0 Å². The maximum atomic E-state index is 12.9. The maximum absolute atomic E-state index is 12.9. The number of carbonyl (C=O) groups is 2. The molecule has 1 atom stereocenters. The molecule has 0 aliphatic carbocycles. The Bertz CT molecular complexity index is 823. The summed E-state index contributed by atoms with van der Waals surface area (Å²) in [6.07, 6.45) is 0. The fourth-order valence-corrected chi connectivity index (χ4v) is 2.96. The number of carbonyl (C=O) groups excluding carboxylic acids is 2. The quantitative estimate of drug-likeness (QED) is 0.726. The van der Waals surface area contributed by atoms with E-state index in [1.807, 2.05) is 45.0 Å². The van der Waals surface area contributed by atoms with Gasteiger partial charge in [0.1, 0.15) is 11.8 Å². The molecule has 2 rings (SSSR count). The molecule has 2 aromatic rings. The molecule has 5 nitrogen and oxygen atoms in total. The summed E-state index contributed by atoms with van der Waals surface area (Å²) >= 11 is 5.96. The van der Waals surface area contributed by atoms with Gasteiger partial charge in [0, 0.05) is 17.6 Å². The highest BCUT2D eigenvalue weighted by atomic mass is 35.5. The lowest BCUT2D eigenvalue weighted by Gasteiger charge is -2.29. The summed E-state index contributed by atoms with van der Waals surface area (Å²) < 4.78 is 5.59. The number of hydrogen-bond donors (Lipinski definition) is 1. The van der Waals surface area contributed by atoms with E-state index in [4.69, 9.17) is 16.3 Å². The van der Waals surface area contributed by atoms with Crippen LogP contribution < -0.4 is 10.1 Å². The van der Waals surface area contributed by atoms with Crippen LogP contribution >= 0.6 is 11.6 Å². The number of benzene rings is 2. The van der Waals surface area contributed by atoms with Crippen LogP contribution in [0.2, 0.25) is 5.02 Å². The molecule has 0 saturated carbocycles. The molecule has 0 radical (unpaired) electrons. The van der Waals surface area contributed by atoms with Crippen LogP contribution in [0.1, 0.15) is 31.9 Å². The van der Waals surface area contributed by atoms with Crippen molar-refractivity contribution in [2.45, 2.75) is 46.3 Å². The van der Waals surface area contributed by atoms with Crippen LogP contribution in [-0.2, 0) is 16.1 Å². The van der Waals surface area contributed by atoms with Gasteiger partial charge in [-0.15, -0.1) is 0 Å². The Balaban J connectivity index is 2.15. The topological polar surface area (TPSA) is 58.6 Å². The van der Waals surface area contributed by atoms with Gasteiger partial charge in [-0.25, -0.2) is 0 Å². The molecule has 0 aliphatic heterocycles. The van der Waals surface area contributed by atoms with E-state index in [-0.39, 0.29) is 24.5 Å². The number of nitrogens with one attached hydrogen (secondary N) is 1. The third-order valence-corrected chi connectivity index (χ3v) is 4.43. The Kier molecular flexibility index (Phi) is 7.88. The van der Waals surface area contributed by atoms with Gasteiger partial charge >= 0.3 is 0 Å². The first-order valence-corrected chi connectivity index (χ1v) is 9.68. The van der Waals surface area contributed by atoms with Gasteiger partial charge in [0.25, 0.3) is 5.91 Å². The first kappa shape index (κ1) is 21.8. The molecule has 2 amide bonds. The highest BCUT2D eigenvalue weighted by Gasteiger charge is 2.26. The lowest BCUT2D eigenvalue weighted by molar-refractivity contribution is -0.142. The Morgan fingerprint density at radius 2 is 1.82 bits per heavy atom. The van der Waals surface area contributed by atoms with Gasteiger partial charge in [-0.3, -0.25) is 9.59 Å². The average Bonchev–Trinajstić information content (AvgIpc) is 2.63. The van der Waals surface area contributed by atoms with Gasteiger partial charge in [-0.2, -0.15) is 0 Å². The minimum Gasteiger partial charge on any atom is -0.484 e. The normalized spacial score (nSPS) is 11.8. The van der Waals surface area contributed by atoms with Crippen molar-refractivity contribution in [3.63, 3.8) is 0 Å². The van der Waals surface area contributed by atoms with Gasteiger partial charge in [-0.1, -0.05) is 47.5 Å². The van der Waals surface area contributed by atoms with E-state index in [0.717, 1.165) is 11.1 Å². The predicted molar refractivity (Wildman–Crippen MR) is 111 cm³/mol. The second kappa shape index (κ2) is 10.1. The third-order valence-electron chi connectivity index (χ3n) is 4.19. The molecule has 28 heavy (non-hydrogen) atoms. The zero-order valence-electron chi connectivity index (χ0n) is 16.7. The number of aryl methyl sites for hydroxylation is 1. The molecule has 0 aliphatic rings. The first-order chi connectivity index (χ1) is 13.3. The van der Waals surface area contributed by atoms with Crippen LogP contribution in [0.3, 0.4) is 0 Å². The molecule has 0 spiro atoms. The van der Waals surface area contributed by atoms with Crippen molar-refractivity contribution in [2.24, 2.45) is 0 Å². The third kappa shape index (κ3) is 6.57.